The van der Waals surface area contributed by atoms with Crippen LogP contribution in [-0.2, 0) is 0 Å². The fourth-order valence-corrected chi connectivity index (χ4v) is 3.23. The van der Waals surface area contributed by atoms with Crippen LogP contribution in [0, 0.1) is 0 Å². The lowest BCUT2D eigenvalue weighted by molar-refractivity contribution is 0.0116. The number of piperidine rings is 1. The van der Waals surface area contributed by atoms with E-state index in [1.54, 1.807) is 0 Å². The van der Waals surface area contributed by atoms with Crippen LogP contribution < -0.4 is 5.73 Å². The predicted octanol–water partition coefficient (Wildman–Crippen LogP) is 0.255. The normalized spacial score (nSPS) is 33.4. The van der Waals surface area contributed by atoms with Crippen molar-refractivity contribution in [2.45, 2.75) is 50.7 Å². The van der Waals surface area contributed by atoms with Crippen LogP contribution in [0.5, 0.6) is 0 Å². The zero-order valence-corrected chi connectivity index (χ0v) is 11.0. The van der Waals surface area contributed by atoms with Crippen LogP contribution in [0.25, 0.3) is 0 Å². The number of nitrogens with two attached hydrogens (primary N) is 1. The highest BCUT2D eigenvalue weighted by molar-refractivity contribution is 4.90. The Morgan fingerprint density at radius 1 is 1.35 bits per heavy atom. The fourth-order valence-electron chi connectivity index (χ4n) is 3.23. The molecule has 0 radical (unpaired) electrons. The average molecular weight is 241 g/mol. The van der Waals surface area contributed by atoms with E-state index in [0.29, 0.717) is 6.04 Å². The molecule has 3 N–H and O–H groups in total. The molecule has 0 bridgehead atoms. The van der Waals surface area contributed by atoms with Gasteiger partial charge in [-0.3, -0.25) is 9.80 Å². The average Bonchev–Trinajstić information content (AvgIpc) is 2.30. The van der Waals surface area contributed by atoms with Gasteiger partial charge in [-0.05, 0) is 32.7 Å². The first kappa shape index (κ1) is 13.3. The largest absolute Gasteiger partial charge is 0.396 e. The van der Waals surface area contributed by atoms with Crippen molar-refractivity contribution in [3.8, 4) is 0 Å². The third-order valence-corrected chi connectivity index (χ3v) is 4.29. The first-order valence-electron chi connectivity index (χ1n) is 7.05. The van der Waals surface area contributed by atoms with E-state index in [2.05, 4.69) is 16.7 Å². The molecule has 4 heteroatoms. The summed E-state index contributed by atoms with van der Waals surface area (Å²) < 4.78 is 0. The van der Waals surface area contributed by atoms with E-state index in [-0.39, 0.29) is 12.6 Å². The Morgan fingerprint density at radius 2 is 2.18 bits per heavy atom. The van der Waals surface area contributed by atoms with Gasteiger partial charge >= 0.3 is 0 Å². The van der Waals surface area contributed by atoms with Gasteiger partial charge in [-0.25, -0.2) is 0 Å². The third-order valence-electron chi connectivity index (χ3n) is 4.29. The van der Waals surface area contributed by atoms with Gasteiger partial charge in [-0.2, -0.15) is 0 Å². The van der Waals surface area contributed by atoms with Crippen LogP contribution in [-0.4, -0.2) is 65.8 Å². The Bertz CT molecular complexity index is 237. The van der Waals surface area contributed by atoms with Crippen molar-refractivity contribution in [1.29, 1.82) is 0 Å². The Morgan fingerprint density at radius 3 is 2.94 bits per heavy atom. The highest BCUT2D eigenvalue weighted by atomic mass is 16.3. The Hall–Kier alpha value is -0.160. The summed E-state index contributed by atoms with van der Waals surface area (Å²) >= 11 is 0. The number of piperazine rings is 1. The van der Waals surface area contributed by atoms with E-state index in [9.17, 15) is 0 Å². The molecule has 3 atom stereocenters. The molecule has 0 spiro atoms. The predicted molar refractivity (Wildman–Crippen MR) is 69.9 cm³/mol. The second kappa shape index (κ2) is 6.14. The second-order valence-electron chi connectivity index (χ2n) is 5.72. The molecule has 17 heavy (non-hydrogen) atoms. The third kappa shape index (κ3) is 3.41. The number of aliphatic hydroxyl groups is 1. The smallest absolute Gasteiger partial charge is 0.0446 e. The van der Waals surface area contributed by atoms with Crippen molar-refractivity contribution < 1.29 is 5.11 Å². The van der Waals surface area contributed by atoms with Gasteiger partial charge in [0.15, 0.2) is 0 Å². The zero-order chi connectivity index (χ0) is 12.3. The summed E-state index contributed by atoms with van der Waals surface area (Å²) in [7, 11) is 0. The number of hydrogen-bond acceptors (Lipinski definition) is 4. The monoisotopic (exact) mass is 241 g/mol. The number of rotatable bonds is 4. The number of fused-ring (bicyclic) bond motifs is 1. The molecule has 0 amide bonds. The maximum atomic E-state index is 8.91. The van der Waals surface area contributed by atoms with Gasteiger partial charge in [0, 0.05) is 44.4 Å². The van der Waals surface area contributed by atoms with Crippen molar-refractivity contribution in [2.24, 2.45) is 5.73 Å². The zero-order valence-electron chi connectivity index (χ0n) is 11.0. The van der Waals surface area contributed by atoms with Gasteiger partial charge in [0.1, 0.15) is 0 Å². The molecule has 0 aromatic heterocycles. The van der Waals surface area contributed by atoms with Gasteiger partial charge in [0.2, 0.25) is 0 Å². The summed E-state index contributed by atoms with van der Waals surface area (Å²) in [4.78, 5) is 5.18. The molecule has 0 saturated carbocycles. The van der Waals surface area contributed by atoms with Crippen LogP contribution in [0.4, 0.5) is 0 Å². The maximum Gasteiger partial charge on any atom is 0.0446 e. The molecule has 2 heterocycles. The van der Waals surface area contributed by atoms with Crippen molar-refractivity contribution in [1.82, 2.24) is 9.80 Å². The first-order chi connectivity index (χ1) is 8.20. The van der Waals surface area contributed by atoms with Crippen LogP contribution in [0.15, 0.2) is 0 Å². The van der Waals surface area contributed by atoms with E-state index < -0.39 is 0 Å². The second-order valence-corrected chi connectivity index (χ2v) is 5.72. The fraction of sp³-hybridized carbons (Fsp3) is 1.00. The van der Waals surface area contributed by atoms with Gasteiger partial charge < -0.3 is 10.8 Å². The minimum atomic E-state index is 0.123. The molecule has 2 saturated heterocycles. The molecule has 4 nitrogen and oxygen atoms in total. The van der Waals surface area contributed by atoms with Crippen LogP contribution in [0.2, 0.25) is 0 Å². The lowest BCUT2D eigenvalue weighted by Crippen LogP contribution is -2.60. The van der Waals surface area contributed by atoms with Crippen molar-refractivity contribution in [3.63, 3.8) is 0 Å². The quantitative estimate of drug-likeness (QED) is 0.741. The number of hydrogen-bond donors (Lipinski definition) is 2. The lowest BCUT2D eigenvalue weighted by atomic mass is 9.96. The van der Waals surface area contributed by atoms with Crippen LogP contribution in [0.3, 0.4) is 0 Å². The number of aliphatic hydroxyl groups excluding tert-OH is 1. The minimum absolute atomic E-state index is 0.123. The van der Waals surface area contributed by atoms with Crippen LogP contribution in [0.1, 0.15) is 32.6 Å². The van der Waals surface area contributed by atoms with E-state index >= 15 is 0 Å². The highest BCUT2D eigenvalue weighted by Crippen LogP contribution is 2.23. The molecule has 3 unspecified atom stereocenters. The Kier molecular flexibility index (Phi) is 4.79. The molecule has 0 aromatic carbocycles. The summed E-state index contributed by atoms with van der Waals surface area (Å²) in [6.45, 7) is 7.09. The van der Waals surface area contributed by atoms with Gasteiger partial charge in [-0.1, -0.05) is 6.42 Å². The molecule has 2 fully saturated rings. The lowest BCUT2D eigenvalue weighted by Gasteiger charge is -2.48. The van der Waals surface area contributed by atoms with Gasteiger partial charge in [0.25, 0.3) is 0 Å². The van der Waals surface area contributed by atoms with Crippen molar-refractivity contribution >= 4 is 0 Å². The molecular weight excluding hydrogens is 214 g/mol. The summed E-state index contributed by atoms with van der Waals surface area (Å²) in [6, 6.07) is 1.48. The van der Waals surface area contributed by atoms with Gasteiger partial charge in [0.05, 0.1) is 0 Å². The molecular formula is C13H27N3O. The molecule has 2 aliphatic rings. The number of nitrogens with zero attached hydrogens (tertiary/aromatic N) is 2. The van der Waals surface area contributed by atoms with E-state index in [0.717, 1.165) is 19.0 Å². The standard InChI is InChI=1S/C13H27N3O/c1-11-8-15-6-3-2-4-13(15)10-16(11)9-12(14)5-7-17/h11-13,17H,2-10,14H2,1H3. The topological polar surface area (TPSA) is 52.7 Å². The summed E-state index contributed by atoms with van der Waals surface area (Å²) in [5, 5.41) is 8.91. The SMILES string of the molecule is CC1CN2CCCCC2CN1CC(N)CCO. The molecule has 2 rings (SSSR count). The molecule has 100 valence electrons. The summed E-state index contributed by atoms with van der Waals surface area (Å²) in [5.74, 6) is 0. The Balaban J connectivity index is 1.86. The van der Waals surface area contributed by atoms with Crippen LogP contribution >= 0.6 is 0 Å². The Labute approximate surface area is 105 Å². The van der Waals surface area contributed by atoms with Crippen molar-refractivity contribution in [2.75, 3.05) is 32.8 Å². The molecule has 0 aromatic rings. The van der Waals surface area contributed by atoms with E-state index in [4.69, 9.17) is 10.8 Å². The van der Waals surface area contributed by atoms with Crippen molar-refractivity contribution in [3.05, 3.63) is 0 Å². The maximum absolute atomic E-state index is 8.91. The molecule has 2 aliphatic heterocycles. The van der Waals surface area contributed by atoms with E-state index in [1.807, 2.05) is 0 Å². The first-order valence-corrected chi connectivity index (χ1v) is 7.05. The summed E-state index contributed by atoms with van der Waals surface area (Å²) in [6.07, 6.45) is 4.81. The van der Waals surface area contributed by atoms with E-state index in [1.165, 1.54) is 38.9 Å². The van der Waals surface area contributed by atoms with Gasteiger partial charge in [-0.15, -0.1) is 0 Å². The summed E-state index contributed by atoms with van der Waals surface area (Å²) in [5.41, 5.74) is 6.03. The highest BCUT2D eigenvalue weighted by Gasteiger charge is 2.33. The minimum Gasteiger partial charge on any atom is -0.396 e. The molecule has 0 aliphatic carbocycles.